The van der Waals surface area contributed by atoms with E-state index in [9.17, 15) is 5.11 Å². The van der Waals surface area contributed by atoms with Gasteiger partial charge in [-0.15, -0.1) is 11.3 Å². The fourth-order valence-corrected chi connectivity index (χ4v) is 4.14. The summed E-state index contributed by atoms with van der Waals surface area (Å²) in [6.07, 6.45) is -0.572. The first-order chi connectivity index (χ1) is 13.6. The third-order valence-electron chi connectivity index (χ3n) is 4.51. The van der Waals surface area contributed by atoms with Crippen LogP contribution in [0.15, 0.2) is 59.6 Å². The Morgan fingerprint density at radius 3 is 2.50 bits per heavy atom. The normalized spacial score (nSPS) is 13.1. The van der Waals surface area contributed by atoms with Crippen molar-refractivity contribution in [3.05, 3.63) is 70.6 Å². The second kappa shape index (κ2) is 9.68. The van der Waals surface area contributed by atoms with E-state index in [-0.39, 0.29) is 0 Å². The number of hydrogen-bond donors (Lipinski definition) is 3. The number of fused-ring (bicyclic) bond motifs is 1. The minimum Gasteiger partial charge on any atom is -0.386 e. The molecule has 1 aromatic heterocycles. The van der Waals surface area contributed by atoms with Crippen LogP contribution < -0.4 is 10.6 Å². The molecular formula is C22H28N4OS. The maximum atomic E-state index is 10.6. The van der Waals surface area contributed by atoms with Crippen molar-refractivity contribution in [1.29, 1.82) is 0 Å². The van der Waals surface area contributed by atoms with Gasteiger partial charge in [-0.1, -0.05) is 42.5 Å². The van der Waals surface area contributed by atoms with Gasteiger partial charge in [-0.3, -0.25) is 4.99 Å². The summed E-state index contributed by atoms with van der Waals surface area (Å²) in [5.41, 5.74) is 2.53. The van der Waals surface area contributed by atoms with Gasteiger partial charge < -0.3 is 20.6 Å². The number of benzene rings is 2. The molecule has 148 valence electrons. The molecule has 28 heavy (non-hydrogen) atoms. The minimum atomic E-state index is -0.572. The highest BCUT2D eigenvalue weighted by Gasteiger charge is 2.12. The molecule has 0 radical (unpaired) electrons. The molecule has 0 saturated heterocycles. The van der Waals surface area contributed by atoms with Crippen LogP contribution in [0.2, 0.25) is 0 Å². The molecule has 0 bridgehead atoms. The molecule has 3 aromatic rings. The summed E-state index contributed by atoms with van der Waals surface area (Å²) in [6, 6.07) is 18.6. The van der Waals surface area contributed by atoms with Crippen LogP contribution >= 0.6 is 11.3 Å². The summed E-state index contributed by atoms with van der Waals surface area (Å²) in [4.78, 5) is 7.40. The lowest BCUT2D eigenvalue weighted by Gasteiger charge is -2.17. The Balaban J connectivity index is 1.56. The third kappa shape index (κ3) is 5.32. The Morgan fingerprint density at radius 2 is 1.79 bits per heavy atom. The van der Waals surface area contributed by atoms with Gasteiger partial charge in [-0.05, 0) is 42.7 Å². The third-order valence-corrected chi connectivity index (χ3v) is 5.73. The number of aliphatic hydroxyl groups excluding tert-OH is 1. The number of thiophene rings is 1. The number of nitrogens with one attached hydrogen (secondary N) is 2. The van der Waals surface area contributed by atoms with Crippen LogP contribution in [0.4, 0.5) is 0 Å². The quantitative estimate of drug-likeness (QED) is 0.423. The standard InChI is InChI=1S/C22H28N4OS/c1-23-22(24-13-17-9-4-5-10-18(17)15-26(2)3)25-14-19(27)21-12-16-8-6-7-11-20(16)28-21/h4-12,19,27H,13-15H2,1-3H3,(H2,23,24,25). The zero-order chi connectivity index (χ0) is 19.9. The summed E-state index contributed by atoms with van der Waals surface area (Å²) < 4.78 is 1.19. The van der Waals surface area contributed by atoms with Gasteiger partial charge in [0.2, 0.25) is 0 Å². The zero-order valence-electron chi connectivity index (χ0n) is 16.6. The number of guanidine groups is 1. The van der Waals surface area contributed by atoms with E-state index in [4.69, 9.17) is 0 Å². The Kier molecular flexibility index (Phi) is 7.03. The summed E-state index contributed by atoms with van der Waals surface area (Å²) in [7, 11) is 5.88. The van der Waals surface area contributed by atoms with Crippen LogP contribution in [0.1, 0.15) is 22.1 Å². The number of aliphatic hydroxyl groups is 1. The molecule has 1 heterocycles. The minimum absolute atomic E-state index is 0.409. The van der Waals surface area contributed by atoms with Gasteiger partial charge in [0.1, 0.15) is 6.10 Å². The van der Waals surface area contributed by atoms with Crippen LogP contribution in [0.25, 0.3) is 10.1 Å². The molecule has 3 N–H and O–H groups in total. The SMILES string of the molecule is CN=C(NCc1ccccc1CN(C)C)NCC(O)c1cc2ccccc2s1. The monoisotopic (exact) mass is 396 g/mol. The molecule has 2 aromatic carbocycles. The first-order valence-electron chi connectivity index (χ1n) is 9.39. The van der Waals surface area contributed by atoms with Crippen molar-refractivity contribution in [2.75, 3.05) is 27.7 Å². The van der Waals surface area contributed by atoms with Crippen molar-refractivity contribution in [2.45, 2.75) is 19.2 Å². The largest absolute Gasteiger partial charge is 0.386 e. The van der Waals surface area contributed by atoms with E-state index in [0.717, 1.165) is 11.4 Å². The van der Waals surface area contributed by atoms with Gasteiger partial charge in [0.05, 0.1) is 0 Å². The second-order valence-electron chi connectivity index (χ2n) is 7.02. The van der Waals surface area contributed by atoms with Crippen molar-refractivity contribution < 1.29 is 5.11 Å². The average Bonchev–Trinajstić information content (AvgIpc) is 3.13. The van der Waals surface area contributed by atoms with Gasteiger partial charge >= 0.3 is 0 Å². The lowest BCUT2D eigenvalue weighted by Crippen LogP contribution is -2.39. The lowest BCUT2D eigenvalue weighted by molar-refractivity contribution is 0.184. The van der Waals surface area contributed by atoms with E-state index in [1.807, 2.05) is 12.1 Å². The van der Waals surface area contributed by atoms with Crippen LogP contribution in [-0.4, -0.2) is 43.7 Å². The molecule has 0 aliphatic rings. The van der Waals surface area contributed by atoms with E-state index >= 15 is 0 Å². The molecule has 0 aliphatic heterocycles. The number of hydrogen-bond acceptors (Lipinski definition) is 4. The van der Waals surface area contributed by atoms with Crippen molar-refractivity contribution in [2.24, 2.45) is 4.99 Å². The molecule has 1 unspecified atom stereocenters. The molecular weight excluding hydrogens is 368 g/mol. The molecule has 0 saturated carbocycles. The van der Waals surface area contributed by atoms with Crippen molar-refractivity contribution in [3.8, 4) is 0 Å². The molecule has 0 amide bonds. The Labute approximate surface area is 170 Å². The highest BCUT2D eigenvalue weighted by molar-refractivity contribution is 7.19. The average molecular weight is 397 g/mol. The van der Waals surface area contributed by atoms with Gasteiger partial charge in [0, 0.05) is 36.3 Å². The Hall–Kier alpha value is -2.41. The molecule has 3 rings (SSSR count). The maximum Gasteiger partial charge on any atom is 0.191 e. The van der Waals surface area contributed by atoms with Crippen LogP contribution in [0.5, 0.6) is 0 Å². The van der Waals surface area contributed by atoms with Gasteiger partial charge in [-0.2, -0.15) is 0 Å². The first kappa shape index (κ1) is 20.3. The van der Waals surface area contributed by atoms with E-state index < -0.39 is 6.10 Å². The predicted octanol–water partition coefficient (Wildman–Crippen LogP) is 3.36. The fourth-order valence-electron chi connectivity index (χ4n) is 3.09. The van der Waals surface area contributed by atoms with Crippen molar-refractivity contribution in [3.63, 3.8) is 0 Å². The molecule has 0 aliphatic carbocycles. The second-order valence-corrected chi connectivity index (χ2v) is 8.13. The summed E-state index contributed by atoms with van der Waals surface area (Å²) in [5, 5.41) is 18.3. The Morgan fingerprint density at radius 1 is 1.07 bits per heavy atom. The number of nitrogens with zero attached hydrogens (tertiary/aromatic N) is 2. The van der Waals surface area contributed by atoms with Crippen LogP contribution in [0, 0.1) is 0 Å². The smallest absolute Gasteiger partial charge is 0.191 e. The van der Waals surface area contributed by atoms with E-state index in [2.05, 4.69) is 77.1 Å². The maximum absolute atomic E-state index is 10.6. The van der Waals surface area contributed by atoms with Gasteiger partial charge in [0.15, 0.2) is 5.96 Å². The first-order valence-corrected chi connectivity index (χ1v) is 10.2. The lowest BCUT2D eigenvalue weighted by atomic mass is 10.1. The number of aliphatic imine (C=N–C) groups is 1. The predicted molar refractivity (Wildman–Crippen MR) is 119 cm³/mol. The highest BCUT2D eigenvalue weighted by Crippen LogP contribution is 2.29. The van der Waals surface area contributed by atoms with Crippen LogP contribution in [0.3, 0.4) is 0 Å². The molecule has 6 heteroatoms. The highest BCUT2D eigenvalue weighted by atomic mass is 32.1. The van der Waals surface area contributed by atoms with Crippen molar-refractivity contribution in [1.82, 2.24) is 15.5 Å². The molecule has 5 nitrogen and oxygen atoms in total. The van der Waals surface area contributed by atoms with E-state index in [1.165, 1.54) is 21.2 Å². The molecule has 0 fully saturated rings. The number of rotatable bonds is 7. The topological polar surface area (TPSA) is 59.9 Å². The van der Waals surface area contributed by atoms with E-state index in [0.29, 0.717) is 19.0 Å². The molecule has 0 spiro atoms. The zero-order valence-corrected chi connectivity index (χ0v) is 17.5. The molecule has 1 atom stereocenters. The Bertz CT molecular complexity index is 902. The van der Waals surface area contributed by atoms with Gasteiger partial charge in [0.25, 0.3) is 0 Å². The summed E-state index contributed by atoms with van der Waals surface area (Å²) >= 11 is 1.63. The van der Waals surface area contributed by atoms with Gasteiger partial charge in [-0.25, -0.2) is 0 Å². The van der Waals surface area contributed by atoms with E-state index in [1.54, 1.807) is 18.4 Å². The van der Waals surface area contributed by atoms with Crippen LogP contribution in [-0.2, 0) is 13.1 Å². The summed E-state index contributed by atoms with van der Waals surface area (Å²) in [6.45, 7) is 1.99. The fraction of sp³-hybridized carbons (Fsp3) is 0.318. The van der Waals surface area contributed by atoms with Crippen molar-refractivity contribution >= 4 is 27.4 Å². The summed E-state index contributed by atoms with van der Waals surface area (Å²) in [5.74, 6) is 0.680.